The van der Waals surface area contributed by atoms with E-state index in [1.165, 1.54) is 0 Å². The Morgan fingerprint density at radius 1 is 1.00 bits per heavy atom. The molecule has 118 valence electrons. The van der Waals surface area contributed by atoms with Crippen molar-refractivity contribution in [3.05, 3.63) is 48.5 Å². The zero-order valence-electron chi connectivity index (χ0n) is 13.3. The lowest BCUT2D eigenvalue weighted by Gasteiger charge is -2.11. The quantitative estimate of drug-likeness (QED) is 0.556. The van der Waals surface area contributed by atoms with Crippen molar-refractivity contribution in [1.82, 2.24) is 10.2 Å². The molecule has 3 N–H and O–H groups in total. The van der Waals surface area contributed by atoms with Gasteiger partial charge in [-0.1, -0.05) is 38.1 Å². The number of nitrogens with zero attached hydrogens (tertiary/aromatic N) is 2. The van der Waals surface area contributed by atoms with Crippen LogP contribution in [-0.2, 0) is 0 Å². The minimum absolute atomic E-state index is 0.501. The highest BCUT2D eigenvalue weighted by Gasteiger charge is 2.10. The van der Waals surface area contributed by atoms with Gasteiger partial charge >= 0.3 is 0 Å². The van der Waals surface area contributed by atoms with E-state index in [1.54, 1.807) is 0 Å². The summed E-state index contributed by atoms with van der Waals surface area (Å²) in [4.78, 5) is 0. The van der Waals surface area contributed by atoms with E-state index >= 15 is 0 Å². The number of hydrogen-bond acceptors (Lipinski definition) is 5. The van der Waals surface area contributed by atoms with Gasteiger partial charge in [-0.05, 0) is 30.2 Å². The number of aromatic nitrogens is 2. The Balaban J connectivity index is 1.97. The second-order valence-corrected chi connectivity index (χ2v) is 5.82. The van der Waals surface area contributed by atoms with Gasteiger partial charge in [-0.25, -0.2) is 5.84 Å². The van der Waals surface area contributed by atoms with Crippen molar-refractivity contribution in [3.63, 3.8) is 0 Å². The smallest absolute Gasteiger partial charge is 0.170 e. The molecule has 0 saturated carbocycles. The fourth-order valence-electron chi connectivity index (χ4n) is 2.40. The predicted octanol–water partition coefficient (Wildman–Crippen LogP) is 3.62. The number of ether oxygens (including phenoxy) is 1. The summed E-state index contributed by atoms with van der Waals surface area (Å²) in [6, 6.07) is 15.9. The number of nitrogens with one attached hydrogen (secondary N) is 1. The maximum Gasteiger partial charge on any atom is 0.170 e. The van der Waals surface area contributed by atoms with Gasteiger partial charge in [0, 0.05) is 16.3 Å². The second kappa shape index (κ2) is 6.62. The molecular formula is C18H20N4O. The molecule has 5 heteroatoms. The molecule has 5 nitrogen and oxygen atoms in total. The SMILES string of the molecule is CC(C)COc1ccc(-c2nnc(NN)c3ccccc23)cc1. The molecule has 0 amide bonds. The summed E-state index contributed by atoms with van der Waals surface area (Å²) in [5.41, 5.74) is 4.41. The van der Waals surface area contributed by atoms with Crippen molar-refractivity contribution in [1.29, 1.82) is 0 Å². The first kappa shape index (κ1) is 15.2. The zero-order valence-corrected chi connectivity index (χ0v) is 13.3. The van der Waals surface area contributed by atoms with Crippen molar-refractivity contribution in [3.8, 4) is 17.0 Å². The Bertz CT molecular complexity index is 800. The molecule has 3 aromatic rings. The first-order chi connectivity index (χ1) is 11.2. The Hall–Kier alpha value is -2.66. The summed E-state index contributed by atoms with van der Waals surface area (Å²) in [5.74, 6) is 7.45. The molecule has 1 aromatic heterocycles. The standard InChI is InChI=1S/C18H20N4O/c1-12(2)11-23-14-9-7-13(8-10-14)17-15-5-3-4-6-16(15)18(20-19)22-21-17/h3-10,12H,11,19H2,1-2H3,(H,20,22). The lowest BCUT2D eigenvalue weighted by Crippen LogP contribution is -2.10. The van der Waals surface area contributed by atoms with Gasteiger partial charge in [0.2, 0.25) is 0 Å². The number of hydrazine groups is 1. The van der Waals surface area contributed by atoms with E-state index in [9.17, 15) is 0 Å². The fraction of sp³-hybridized carbons (Fsp3) is 0.222. The van der Waals surface area contributed by atoms with E-state index in [1.807, 2.05) is 48.5 Å². The number of rotatable bonds is 5. The highest BCUT2D eigenvalue weighted by atomic mass is 16.5. The van der Waals surface area contributed by atoms with Crippen LogP contribution in [0.25, 0.3) is 22.0 Å². The third kappa shape index (κ3) is 3.24. The second-order valence-electron chi connectivity index (χ2n) is 5.82. The number of nitrogen functional groups attached to an aromatic ring is 1. The van der Waals surface area contributed by atoms with Gasteiger partial charge in [-0.15, -0.1) is 10.2 Å². The van der Waals surface area contributed by atoms with Crippen LogP contribution in [0.2, 0.25) is 0 Å². The Kier molecular flexibility index (Phi) is 4.39. The van der Waals surface area contributed by atoms with Gasteiger partial charge in [0.1, 0.15) is 11.4 Å². The summed E-state index contributed by atoms with van der Waals surface area (Å²) in [6.45, 7) is 4.96. The van der Waals surface area contributed by atoms with Crippen molar-refractivity contribution < 1.29 is 4.74 Å². The van der Waals surface area contributed by atoms with Crippen LogP contribution < -0.4 is 16.0 Å². The van der Waals surface area contributed by atoms with Gasteiger partial charge in [-0.2, -0.15) is 0 Å². The maximum absolute atomic E-state index is 5.72. The van der Waals surface area contributed by atoms with Crippen LogP contribution in [0, 0.1) is 5.92 Å². The van der Waals surface area contributed by atoms with Crippen LogP contribution in [-0.4, -0.2) is 16.8 Å². The van der Waals surface area contributed by atoms with Crippen molar-refractivity contribution in [2.45, 2.75) is 13.8 Å². The van der Waals surface area contributed by atoms with Crippen LogP contribution in [0.1, 0.15) is 13.8 Å². The van der Waals surface area contributed by atoms with Crippen LogP contribution >= 0.6 is 0 Å². The number of hydrogen-bond donors (Lipinski definition) is 2. The van der Waals surface area contributed by atoms with Crippen molar-refractivity contribution >= 4 is 16.6 Å². The Morgan fingerprint density at radius 3 is 2.35 bits per heavy atom. The maximum atomic E-state index is 5.72. The monoisotopic (exact) mass is 308 g/mol. The minimum atomic E-state index is 0.501. The zero-order chi connectivity index (χ0) is 16.2. The number of nitrogens with two attached hydrogens (primary N) is 1. The molecule has 0 aliphatic heterocycles. The molecule has 0 aliphatic carbocycles. The first-order valence-electron chi connectivity index (χ1n) is 7.64. The lowest BCUT2D eigenvalue weighted by atomic mass is 10.0. The molecule has 0 aliphatic rings. The van der Waals surface area contributed by atoms with E-state index in [0.717, 1.165) is 27.8 Å². The van der Waals surface area contributed by atoms with Crippen LogP contribution in [0.5, 0.6) is 5.75 Å². The topological polar surface area (TPSA) is 73.1 Å². The average molecular weight is 308 g/mol. The largest absolute Gasteiger partial charge is 0.493 e. The Morgan fingerprint density at radius 2 is 1.70 bits per heavy atom. The van der Waals surface area contributed by atoms with E-state index in [0.29, 0.717) is 18.3 Å². The van der Waals surface area contributed by atoms with E-state index in [2.05, 4.69) is 29.5 Å². The average Bonchev–Trinajstić information content (AvgIpc) is 2.59. The van der Waals surface area contributed by atoms with Crippen LogP contribution in [0.4, 0.5) is 5.82 Å². The molecule has 0 radical (unpaired) electrons. The third-order valence-electron chi connectivity index (χ3n) is 3.54. The molecular weight excluding hydrogens is 288 g/mol. The number of benzene rings is 2. The molecule has 2 aromatic carbocycles. The molecule has 0 fully saturated rings. The molecule has 0 atom stereocenters. The molecule has 0 saturated heterocycles. The summed E-state index contributed by atoms with van der Waals surface area (Å²) in [7, 11) is 0. The minimum Gasteiger partial charge on any atom is -0.493 e. The van der Waals surface area contributed by atoms with Gasteiger partial charge in [0.25, 0.3) is 0 Å². The summed E-state index contributed by atoms with van der Waals surface area (Å²) in [5, 5.41) is 10.4. The molecule has 0 spiro atoms. The predicted molar refractivity (Wildman–Crippen MR) is 93.1 cm³/mol. The molecule has 3 rings (SSSR count). The summed E-state index contributed by atoms with van der Waals surface area (Å²) in [6.07, 6.45) is 0. The van der Waals surface area contributed by atoms with E-state index < -0.39 is 0 Å². The highest BCUT2D eigenvalue weighted by molar-refractivity contribution is 5.99. The first-order valence-corrected chi connectivity index (χ1v) is 7.64. The van der Waals surface area contributed by atoms with Gasteiger partial charge in [0.15, 0.2) is 5.82 Å². The van der Waals surface area contributed by atoms with Gasteiger partial charge < -0.3 is 10.2 Å². The molecule has 0 unspecified atom stereocenters. The fourth-order valence-corrected chi connectivity index (χ4v) is 2.40. The normalized spacial score (nSPS) is 11.0. The Labute approximate surface area is 135 Å². The molecule has 23 heavy (non-hydrogen) atoms. The van der Waals surface area contributed by atoms with E-state index in [4.69, 9.17) is 10.6 Å². The lowest BCUT2D eigenvalue weighted by molar-refractivity contribution is 0.271. The van der Waals surface area contributed by atoms with Crippen molar-refractivity contribution in [2.24, 2.45) is 11.8 Å². The van der Waals surface area contributed by atoms with Gasteiger partial charge in [0.05, 0.1) is 6.61 Å². The highest BCUT2D eigenvalue weighted by Crippen LogP contribution is 2.30. The van der Waals surface area contributed by atoms with Crippen molar-refractivity contribution in [2.75, 3.05) is 12.0 Å². The van der Waals surface area contributed by atoms with E-state index in [-0.39, 0.29) is 0 Å². The molecule has 0 bridgehead atoms. The summed E-state index contributed by atoms with van der Waals surface area (Å²) < 4.78 is 5.72. The van der Waals surface area contributed by atoms with Gasteiger partial charge in [-0.3, -0.25) is 0 Å². The summed E-state index contributed by atoms with van der Waals surface area (Å²) >= 11 is 0. The van der Waals surface area contributed by atoms with Crippen LogP contribution in [0.3, 0.4) is 0 Å². The molecule has 1 heterocycles. The third-order valence-corrected chi connectivity index (χ3v) is 3.54. The number of anilines is 1. The number of fused-ring (bicyclic) bond motifs is 1. The van der Waals surface area contributed by atoms with Crippen LogP contribution in [0.15, 0.2) is 48.5 Å².